The Morgan fingerprint density at radius 3 is 2.92 bits per heavy atom. The third-order valence-corrected chi connectivity index (χ3v) is 5.01. The van der Waals surface area contributed by atoms with Crippen molar-refractivity contribution in [2.24, 2.45) is 0 Å². The molecule has 132 valence electrons. The number of hydrogen-bond donors (Lipinski definition) is 1. The van der Waals surface area contributed by atoms with Crippen molar-refractivity contribution in [3.8, 4) is 0 Å². The second-order valence-electron chi connectivity index (χ2n) is 6.57. The van der Waals surface area contributed by atoms with Gasteiger partial charge in [-0.05, 0) is 49.2 Å². The van der Waals surface area contributed by atoms with E-state index in [1.807, 2.05) is 25.1 Å². The second kappa shape index (κ2) is 6.57. The lowest BCUT2D eigenvalue weighted by Gasteiger charge is -2.15. The normalized spacial score (nSPS) is 14.2. The van der Waals surface area contributed by atoms with Crippen molar-refractivity contribution in [2.75, 3.05) is 0 Å². The van der Waals surface area contributed by atoms with Gasteiger partial charge in [-0.3, -0.25) is 14.2 Å². The fraction of sp³-hybridized carbons (Fsp3) is 0.250. The Labute approximate surface area is 155 Å². The van der Waals surface area contributed by atoms with Crippen LogP contribution < -0.4 is 10.9 Å². The fourth-order valence-corrected chi connectivity index (χ4v) is 3.56. The first-order chi connectivity index (χ1) is 12.5. The molecule has 5 nitrogen and oxygen atoms in total. The molecule has 1 N–H and O–H groups in total. The Kier molecular flexibility index (Phi) is 4.24. The Bertz CT molecular complexity index is 1070. The second-order valence-corrected chi connectivity index (χ2v) is 7.01. The Balaban J connectivity index is 1.63. The van der Waals surface area contributed by atoms with Crippen molar-refractivity contribution in [2.45, 2.75) is 32.4 Å². The molecule has 0 saturated heterocycles. The number of aryl methyl sites for hydroxylation is 1. The van der Waals surface area contributed by atoms with E-state index >= 15 is 0 Å². The summed E-state index contributed by atoms with van der Waals surface area (Å²) in [5.74, 6) is 0.592. The Morgan fingerprint density at radius 2 is 2.12 bits per heavy atom. The number of halogens is 1. The molecule has 1 aliphatic rings. The summed E-state index contributed by atoms with van der Waals surface area (Å²) in [6.07, 6.45) is 1.73. The number of fused-ring (bicyclic) bond motifs is 2. The first kappa shape index (κ1) is 16.8. The Hall–Kier alpha value is -2.66. The van der Waals surface area contributed by atoms with E-state index < -0.39 is 0 Å². The summed E-state index contributed by atoms with van der Waals surface area (Å²) in [6.45, 7) is 2.62. The van der Waals surface area contributed by atoms with E-state index in [2.05, 4.69) is 10.3 Å². The molecule has 0 radical (unpaired) electrons. The molecule has 1 atom stereocenters. The molecule has 0 fully saturated rings. The van der Waals surface area contributed by atoms with Crippen molar-refractivity contribution in [1.29, 1.82) is 0 Å². The Morgan fingerprint density at radius 1 is 1.27 bits per heavy atom. The monoisotopic (exact) mass is 367 g/mol. The molecule has 26 heavy (non-hydrogen) atoms. The van der Waals surface area contributed by atoms with Gasteiger partial charge in [0.1, 0.15) is 5.82 Å². The molecular weight excluding hydrogens is 350 g/mol. The smallest absolute Gasteiger partial charge is 0.261 e. The minimum Gasteiger partial charge on any atom is -0.346 e. The number of carbonyl (C=O) groups is 1. The summed E-state index contributed by atoms with van der Waals surface area (Å²) in [5, 5.41) is 4.15. The van der Waals surface area contributed by atoms with Crippen molar-refractivity contribution in [1.82, 2.24) is 14.9 Å². The van der Waals surface area contributed by atoms with E-state index in [1.54, 1.807) is 28.8 Å². The predicted octanol–water partition coefficient (Wildman–Crippen LogP) is 3.49. The number of nitrogens with zero attached hydrogens (tertiary/aromatic N) is 2. The van der Waals surface area contributed by atoms with Crippen molar-refractivity contribution >= 4 is 28.4 Å². The molecule has 1 unspecified atom stereocenters. The van der Waals surface area contributed by atoms with Gasteiger partial charge in [0.05, 0.1) is 16.9 Å². The lowest BCUT2D eigenvalue weighted by atomic mass is 10.1. The van der Waals surface area contributed by atoms with Gasteiger partial charge in [0.15, 0.2) is 0 Å². The summed E-state index contributed by atoms with van der Waals surface area (Å²) in [7, 11) is 0. The highest BCUT2D eigenvalue weighted by Gasteiger charge is 2.18. The molecule has 1 amide bonds. The third-order valence-electron chi connectivity index (χ3n) is 4.77. The first-order valence-corrected chi connectivity index (χ1v) is 9.00. The molecule has 0 bridgehead atoms. The zero-order chi connectivity index (χ0) is 18.3. The van der Waals surface area contributed by atoms with Crippen molar-refractivity contribution < 1.29 is 4.79 Å². The highest BCUT2D eigenvalue weighted by molar-refractivity contribution is 6.30. The molecular formula is C20H18ClN3O2. The molecule has 0 spiro atoms. The average Bonchev–Trinajstić information content (AvgIpc) is 3.10. The van der Waals surface area contributed by atoms with Crippen LogP contribution in [0, 0.1) is 0 Å². The summed E-state index contributed by atoms with van der Waals surface area (Å²) in [4.78, 5) is 29.7. The average molecular weight is 368 g/mol. The van der Waals surface area contributed by atoms with Crippen LogP contribution in [0.2, 0.25) is 5.02 Å². The van der Waals surface area contributed by atoms with Gasteiger partial charge in [0.25, 0.3) is 11.5 Å². The standard InChI is InChI=1S/C20H18ClN3O2/c1-12(13-4-2-5-15(21)10-13)22-19(25)14-7-8-16-17(11-14)23-18-6-3-9-24(18)20(16)26/h2,4-5,7-8,10-12H,3,6,9H2,1H3,(H,22,25). The van der Waals surface area contributed by atoms with Crippen LogP contribution in [-0.2, 0) is 13.0 Å². The number of carbonyl (C=O) groups excluding carboxylic acids is 1. The van der Waals surface area contributed by atoms with E-state index in [1.165, 1.54) is 0 Å². The van der Waals surface area contributed by atoms with Crippen LogP contribution in [0.15, 0.2) is 47.3 Å². The lowest BCUT2D eigenvalue weighted by molar-refractivity contribution is 0.0940. The quantitative estimate of drug-likeness (QED) is 0.770. The van der Waals surface area contributed by atoms with Crippen LogP contribution in [0.5, 0.6) is 0 Å². The van der Waals surface area contributed by atoms with Gasteiger partial charge in [0, 0.05) is 23.6 Å². The minimum atomic E-state index is -0.207. The maximum absolute atomic E-state index is 12.6. The number of nitrogens with one attached hydrogen (secondary N) is 1. The van der Waals surface area contributed by atoms with Crippen LogP contribution in [-0.4, -0.2) is 15.5 Å². The highest BCUT2D eigenvalue weighted by atomic mass is 35.5. The molecule has 2 aromatic carbocycles. The van der Waals surface area contributed by atoms with Crippen molar-refractivity contribution in [3.63, 3.8) is 0 Å². The van der Waals surface area contributed by atoms with Crippen LogP contribution in [0.25, 0.3) is 10.9 Å². The maximum Gasteiger partial charge on any atom is 0.261 e. The first-order valence-electron chi connectivity index (χ1n) is 8.63. The van der Waals surface area contributed by atoms with Gasteiger partial charge < -0.3 is 5.32 Å². The van der Waals surface area contributed by atoms with Gasteiger partial charge in [0.2, 0.25) is 0 Å². The lowest BCUT2D eigenvalue weighted by Crippen LogP contribution is -2.27. The minimum absolute atomic E-state index is 0.0262. The van der Waals surface area contributed by atoms with Crippen LogP contribution in [0.3, 0.4) is 0 Å². The van der Waals surface area contributed by atoms with E-state index in [-0.39, 0.29) is 17.5 Å². The maximum atomic E-state index is 12.6. The van der Waals surface area contributed by atoms with Gasteiger partial charge >= 0.3 is 0 Å². The molecule has 4 rings (SSSR count). The number of aromatic nitrogens is 2. The number of amides is 1. The summed E-state index contributed by atoms with van der Waals surface area (Å²) < 4.78 is 1.73. The van der Waals surface area contributed by atoms with Crippen LogP contribution in [0.4, 0.5) is 0 Å². The third kappa shape index (κ3) is 2.99. The van der Waals surface area contributed by atoms with Gasteiger partial charge in [-0.2, -0.15) is 0 Å². The molecule has 2 heterocycles. The number of hydrogen-bond acceptors (Lipinski definition) is 3. The molecule has 6 heteroatoms. The number of rotatable bonds is 3. The molecule has 0 saturated carbocycles. The zero-order valence-electron chi connectivity index (χ0n) is 14.3. The highest BCUT2D eigenvalue weighted by Crippen LogP contribution is 2.19. The molecule has 0 aliphatic carbocycles. The van der Waals surface area contributed by atoms with E-state index in [0.717, 1.165) is 30.8 Å². The molecule has 3 aromatic rings. The summed E-state index contributed by atoms with van der Waals surface area (Å²) in [6, 6.07) is 12.3. The van der Waals surface area contributed by atoms with Crippen molar-refractivity contribution in [3.05, 3.63) is 74.8 Å². The van der Waals surface area contributed by atoms with E-state index in [0.29, 0.717) is 21.5 Å². The van der Waals surface area contributed by atoms with Gasteiger partial charge in [-0.25, -0.2) is 4.98 Å². The van der Waals surface area contributed by atoms with E-state index in [9.17, 15) is 9.59 Å². The summed E-state index contributed by atoms with van der Waals surface area (Å²) in [5.41, 5.74) is 1.97. The van der Waals surface area contributed by atoms with Gasteiger partial charge in [-0.1, -0.05) is 23.7 Å². The van der Waals surface area contributed by atoms with Gasteiger partial charge in [-0.15, -0.1) is 0 Å². The predicted molar refractivity (Wildman–Crippen MR) is 102 cm³/mol. The van der Waals surface area contributed by atoms with Crippen LogP contribution in [0.1, 0.15) is 41.1 Å². The number of benzene rings is 2. The largest absolute Gasteiger partial charge is 0.346 e. The molecule has 1 aromatic heterocycles. The van der Waals surface area contributed by atoms with E-state index in [4.69, 9.17) is 11.6 Å². The SMILES string of the molecule is CC(NC(=O)c1ccc2c(=O)n3c(nc2c1)CCC3)c1cccc(Cl)c1. The fourth-order valence-electron chi connectivity index (χ4n) is 3.36. The topological polar surface area (TPSA) is 64.0 Å². The zero-order valence-corrected chi connectivity index (χ0v) is 15.1. The van der Waals surface area contributed by atoms with Crippen LogP contribution >= 0.6 is 11.6 Å². The molecule has 1 aliphatic heterocycles. The summed E-state index contributed by atoms with van der Waals surface area (Å²) >= 11 is 6.02.